The van der Waals surface area contributed by atoms with Crippen LogP contribution < -0.4 is 4.74 Å². The highest BCUT2D eigenvalue weighted by atomic mass is 127. The van der Waals surface area contributed by atoms with E-state index in [1.165, 1.54) is 6.92 Å². The first-order chi connectivity index (χ1) is 10.6. The largest absolute Gasteiger partial charge is 0.472 e. The summed E-state index contributed by atoms with van der Waals surface area (Å²) < 4.78 is 100. The van der Waals surface area contributed by atoms with Crippen molar-refractivity contribution < 1.29 is 39.7 Å². The SMILES string of the molecule is C=C(C)c1cc(I)c(I)c(OC(C(F)(F)F)C(F)(F)S(=O)(=O)O)c1. The maximum absolute atomic E-state index is 13.6. The Morgan fingerprint density at radius 2 is 1.75 bits per heavy atom. The van der Waals surface area contributed by atoms with Gasteiger partial charge in [0.2, 0.25) is 0 Å². The third kappa shape index (κ3) is 4.69. The van der Waals surface area contributed by atoms with Crippen LogP contribution in [0.4, 0.5) is 22.0 Å². The average Bonchev–Trinajstić information content (AvgIpc) is 2.36. The second-order valence-electron chi connectivity index (χ2n) is 4.63. The first-order valence-electron chi connectivity index (χ1n) is 5.82. The molecule has 0 saturated carbocycles. The summed E-state index contributed by atoms with van der Waals surface area (Å²) in [5.41, 5.74) is 0.755. The molecule has 0 heterocycles. The molecule has 1 rings (SSSR count). The minimum Gasteiger partial charge on any atom is -0.472 e. The summed E-state index contributed by atoms with van der Waals surface area (Å²) >= 11 is 3.32. The molecule has 1 atom stereocenters. The molecule has 0 aromatic heterocycles. The first-order valence-corrected chi connectivity index (χ1v) is 9.42. The van der Waals surface area contributed by atoms with E-state index in [0.29, 0.717) is 14.7 Å². The number of alkyl halides is 5. The van der Waals surface area contributed by atoms with E-state index in [-0.39, 0.29) is 3.57 Å². The molecule has 12 heteroatoms. The molecule has 1 aromatic rings. The predicted octanol–water partition coefficient (Wildman–Crippen LogP) is 4.72. The van der Waals surface area contributed by atoms with Crippen LogP contribution >= 0.6 is 45.2 Å². The van der Waals surface area contributed by atoms with Crippen molar-refractivity contribution in [2.45, 2.75) is 24.5 Å². The Morgan fingerprint density at radius 3 is 2.12 bits per heavy atom. The van der Waals surface area contributed by atoms with Crippen molar-refractivity contribution >= 4 is 60.9 Å². The number of hydrogen-bond donors (Lipinski definition) is 1. The summed E-state index contributed by atoms with van der Waals surface area (Å²) in [5, 5.41) is -5.58. The molecule has 0 fully saturated rings. The molecule has 136 valence electrons. The van der Waals surface area contributed by atoms with Crippen LogP contribution in [-0.2, 0) is 10.1 Å². The smallest absolute Gasteiger partial charge is 0.432 e. The number of hydrogen-bond acceptors (Lipinski definition) is 3. The minimum atomic E-state index is -6.35. The molecule has 0 aliphatic carbocycles. The number of rotatable bonds is 5. The summed E-state index contributed by atoms with van der Waals surface area (Å²) in [7, 11) is -6.35. The molecule has 0 bridgehead atoms. The van der Waals surface area contributed by atoms with E-state index in [4.69, 9.17) is 4.55 Å². The van der Waals surface area contributed by atoms with Gasteiger partial charge in [0.05, 0.1) is 3.57 Å². The van der Waals surface area contributed by atoms with Gasteiger partial charge in [0, 0.05) is 3.57 Å². The van der Waals surface area contributed by atoms with Crippen molar-refractivity contribution in [2.24, 2.45) is 0 Å². The Kier molecular flexibility index (Phi) is 6.53. The zero-order valence-electron chi connectivity index (χ0n) is 11.7. The zero-order chi connectivity index (χ0) is 19.1. The number of benzene rings is 1. The monoisotopic (exact) mass is 598 g/mol. The summed E-state index contributed by atoms with van der Waals surface area (Å²) in [4.78, 5) is 0. The van der Waals surface area contributed by atoms with E-state index in [1.807, 2.05) is 0 Å². The molecule has 0 saturated heterocycles. The average molecular weight is 598 g/mol. The zero-order valence-corrected chi connectivity index (χ0v) is 16.8. The third-order valence-electron chi connectivity index (χ3n) is 2.68. The standard InChI is InChI=1S/C12H9F5I2O4S/c1-5(2)6-3-7(18)9(19)8(4-6)23-10(11(13,14)15)12(16,17)24(20,21)22/h3-4,10H,1H2,2H3,(H,20,21,22). The number of halogens is 7. The predicted molar refractivity (Wildman–Crippen MR) is 93.6 cm³/mol. The van der Waals surface area contributed by atoms with Crippen LogP contribution in [0.1, 0.15) is 12.5 Å². The fourth-order valence-electron chi connectivity index (χ4n) is 1.48. The summed E-state index contributed by atoms with van der Waals surface area (Å²) in [6, 6.07) is 2.58. The summed E-state index contributed by atoms with van der Waals surface area (Å²) in [6.07, 6.45) is -9.84. The van der Waals surface area contributed by atoms with Gasteiger partial charge in [-0.15, -0.1) is 0 Å². The highest BCUT2D eigenvalue weighted by molar-refractivity contribution is 14.1. The molecule has 0 radical (unpaired) electrons. The van der Waals surface area contributed by atoms with Gasteiger partial charge in [0.1, 0.15) is 5.75 Å². The van der Waals surface area contributed by atoms with E-state index in [9.17, 15) is 30.4 Å². The van der Waals surface area contributed by atoms with E-state index in [0.717, 1.165) is 6.07 Å². The van der Waals surface area contributed by atoms with Gasteiger partial charge in [0.15, 0.2) is 0 Å². The maximum Gasteiger partial charge on any atom is 0.432 e. The lowest BCUT2D eigenvalue weighted by molar-refractivity contribution is -0.239. The number of allylic oxidation sites excluding steroid dienone is 1. The van der Waals surface area contributed by atoms with E-state index < -0.39 is 33.4 Å². The highest BCUT2D eigenvalue weighted by Crippen LogP contribution is 2.40. The van der Waals surface area contributed by atoms with Crippen molar-refractivity contribution in [3.05, 3.63) is 31.4 Å². The van der Waals surface area contributed by atoms with Gasteiger partial charge >= 0.3 is 21.5 Å². The Balaban J connectivity index is 3.50. The lowest BCUT2D eigenvalue weighted by atomic mass is 10.1. The van der Waals surface area contributed by atoms with Crippen LogP contribution in [0.3, 0.4) is 0 Å². The van der Waals surface area contributed by atoms with Gasteiger partial charge in [-0.3, -0.25) is 4.55 Å². The molecular formula is C12H9F5I2O4S. The van der Waals surface area contributed by atoms with Gasteiger partial charge in [0.25, 0.3) is 6.10 Å². The van der Waals surface area contributed by atoms with Crippen LogP contribution in [0.15, 0.2) is 18.7 Å². The van der Waals surface area contributed by atoms with Crippen molar-refractivity contribution in [3.8, 4) is 5.75 Å². The van der Waals surface area contributed by atoms with Crippen LogP contribution in [0, 0.1) is 7.14 Å². The van der Waals surface area contributed by atoms with Crippen LogP contribution in [0.25, 0.3) is 5.57 Å². The fourth-order valence-corrected chi connectivity index (χ4v) is 2.98. The molecule has 0 aliphatic heterocycles. The maximum atomic E-state index is 13.6. The van der Waals surface area contributed by atoms with Crippen LogP contribution in [-0.4, -0.2) is 30.5 Å². The quantitative estimate of drug-likeness (QED) is 0.303. The fraction of sp³-hybridized carbons (Fsp3) is 0.333. The van der Waals surface area contributed by atoms with Crippen molar-refractivity contribution in [1.82, 2.24) is 0 Å². The summed E-state index contributed by atoms with van der Waals surface area (Å²) in [6.45, 7) is 5.12. The van der Waals surface area contributed by atoms with E-state index in [1.54, 1.807) is 51.2 Å². The normalized spacial score (nSPS) is 14.4. The van der Waals surface area contributed by atoms with Gasteiger partial charge in [-0.2, -0.15) is 30.4 Å². The topological polar surface area (TPSA) is 63.6 Å². The lowest BCUT2D eigenvalue weighted by Crippen LogP contribution is -2.53. The molecule has 0 aliphatic rings. The lowest BCUT2D eigenvalue weighted by Gasteiger charge is -2.27. The van der Waals surface area contributed by atoms with Gasteiger partial charge < -0.3 is 4.74 Å². The molecule has 1 N–H and O–H groups in total. The van der Waals surface area contributed by atoms with Gasteiger partial charge in [-0.25, -0.2) is 0 Å². The van der Waals surface area contributed by atoms with Gasteiger partial charge in [-0.1, -0.05) is 12.2 Å². The molecule has 24 heavy (non-hydrogen) atoms. The molecule has 0 spiro atoms. The highest BCUT2D eigenvalue weighted by Gasteiger charge is 2.65. The Morgan fingerprint density at radius 1 is 1.25 bits per heavy atom. The Bertz CT molecular complexity index is 761. The van der Waals surface area contributed by atoms with Crippen LogP contribution in [0.2, 0.25) is 0 Å². The van der Waals surface area contributed by atoms with E-state index >= 15 is 0 Å². The van der Waals surface area contributed by atoms with Crippen LogP contribution in [0.5, 0.6) is 5.75 Å². The van der Waals surface area contributed by atoms with Crippen molar-refractivity contribution in [2.75, 3.05) is 0 Å². The molecule has 0 amide bonds. The molecule has 1 aromatic carbocycles. The summed E-state index contributed by atoms with van der Waals surface area (Å²) in [5.74, 6) is -0.605. The molecule has 4 nitrogen and oxygen atoms in total. The number of ether oxygens (including phenoxy) is 1. The van der Waals surface area contributed by atoms with Crippen molar-refractivity contribution in [1.29, 1.82) is 0 Å². The second-order valence-corrected chi connectivity index (χ2v) is 8.36. The Labute approximate surface area is 161 Å². The molecule has 1 unspecified atom stereocenters. The van der Waals surface area contributed by atoms with E-state index in [2.05, 4.69) is 11.3 Å². The second kappa shape index (κ2) is 7.19. The first kappa shape index (κ1) is 21.8. The van der Waals surface area contributed by atoms with Crippen molar-refractivity contribution in [3.63, 3.8) is 0 Å². The Hall–Kier alpha value is -0.220. The van der Waals surface area contributed by atoms with Gasteiger partial charge in [-0.05, 0) is 69.8 Å². The third-order valence-corrected chi connectivity index (χ3v) is 6.58. The minimum absolute atomic E-state index is 0.0681. The molecular weight excluding hydrogens is 589 g/mol.